The number of benzene rings is 1. The maximum absolute atomic E-state index is 5.80. The van der Waals surface area contributed by atoms with Gasteiger partial charge in [-0.05, 0) is 24.8 Å². The Morgan fingerprint density at radius 2 is 2.15 bits per heavy atom. The van der Waals surface area contributed by atoms with Crippen LogP contribution < -0.4 is 4.74 Å². The van der Waals surface area contributed by atoms with Gasteiger partial charge in [-0.15, -0.1) is 10.2 Å². The molecular weight excluding hydrogens is 292 g/mol. The monoisotopic (exact) mass is 306 g/mol. The largest absolute Gasteiger partial charge is 0.486 e. The summed E-state index contributed by atoms with van der Waals surface area (Å²) >= 11 is 3.22. The number of fused-ring (bicyclic) bond motifs is 1. The summed E-state index contributed by atoms with van der Waals surface area (Å²) in [5.74, 6) is 2.58. The molecule has 0 amide bonds. The van der Waals surface area contributed by atoms with Gasteiger partial charge in [-0.3, -0.25) is 0 Å². The van der Waals surface area contributed by atoms with E-state index >= 15 is 0 Å². The van der Waals surface area contributed by atoms with Gasteiger partial charge in [0.2, 0.25) is 4.96 Å². The standard InChI is InChI=1S/C13H14N4OS2/c1-9-5-3-4-6-10(9)18-7-12-16-17-11(8-19-2)14-15-13(17)20-12/h3-6H,7-8H2,1-2H3. The lowest BCUT2D eigenvalue weighted by Gasteiger charge is -2.06. The Kier molecular flexibility index (Phi) is 3.88. The van der Waals surface area contributed by atoms with Gasteiger partial charge in [-0.25, -0.2) is 0 Å². The lowest BCUT2D eigenvalue weighted by molar-refractivity contribution is 0.302. The first-order chi connectivity index (χ1) is 9.78. The average molecular weight is 306 g/mol. The molecule has 104 valence electrons. The lowest BCUT2D eigenvalue weighted by Crippen LogP contribution is -1.99. The molecule has 2 heterocycles. The van der Waals surface area contributed by atoms with Gasteiger partial charge in [-0.1, -0.05) is 29.5 Å². The summed E-state index contributed by atoms with van der Waals surface area (Å²) in [5, 5.41) is 13.7. The van der Waals surface area contributed by atoms with Crippen molar-refractivity contribution in [2.24, 2.45) is 0 Å². The highest BCUT2D eigenvalue weighted by Crippen LogP contribution is 2.20. The van der Waals surface area contributed by atoms with Gasteiger partial charge in [0.1, 0.15) is 12.4 Å². The van der Waals surface area contributed by atoms with Crippen molar-refractivity contribution in [1.82, 2.24) is 19.8 Å². The minimum Gasteiger partial charge on any atom is -0.486 e. The van der Waals surface area contributed by atoms with Crippen LogP contribution in [0.5, 0.6) is 5.75 Å². The van der Waals surface area contributed by atoms with Crippen LogP contribution in [0.25, 0.3) is 4.96 Å². The third-order valence-corrected chi connectivity index (χ3v) is 4.23. The SMILES string of the molecule is CSCc1nnc2sc(COc3ccccc3C)nn12. The number of thioether (sulfide) groups is 1. The Balaban J connectivity index is 1.76. The first kappa shape index (κ1) is 13.4. The lowest BCUT2D eigenvalue weighted by atomic mass is 10.2. The summed E-state index contributed by atoms with van der Waals surface area (Å²) in [6, 6.07) is 7.97. The van der Waals surface area contributed by atoms with Crippen LogP contribution in [0, 0.1) is 6.92 Å². The van der Waals surface area contributed by atoms with E-state index in [1.165, 1.54) is 11.3 Å². The number of nitrogens with zero attached hydrogens (tertiary/aromatic N) is 4. The summed E-state index contributed by atoms with van der Waals surface area (Å²) < 4.78 is 7.61. The fourth-order valence-electron chi connectivity index (χ4n) is 1.83. The molecule has 7 heteroatoms. The molecule has 0 spiro atoms. The van der Waals surface area contributed by atoms with Crippen molar-refractivity contribution >= 4 is 28.1 Å². The van der Waals surface area contributed by atoms with E-state index in [0.29, 0.717) is 6.61 Å². The number of para-hydroxylation sites is 1. The van der Waals surface area contributed by atoms with Crippen molar-refractivity contribution in [3.63, 3.8) is 0 Å². The second-order valence-corrected chi connectivity index (χ2v) is 6.20. The van der Waals surface area contributed by atoms with Crippen LogP contribution in [0.4, 0.5) is 0 Å². The van der Waals surface area contributed by atoms with Crippen LogP contribution in [0.15, 0.2) is 24.3 Å². The molecule has 0 atom stereocenters. The highest BCUT2D eigenvalue weighted by molar-refractivity contribution is 7.97. The predicted octanol–water partition coefficient (Wildman–Crippen LogP) is 2.94. The Hall–Kier alpha value is -1.60. The van der Waals surface area contributed by atoms with Gasteiger partial charge in [0.05, 0.1) is 5.75 Å². The highest BCUT2D eigenvalue weighted by atomic mass is 32.2. The molecule has 0 aliphatic heterocycles. The van der Waals surface area contributed by atoms with E-state index in [0.717, 1.165) is 32.9 Å². The van der Waals surface area contributed by atoms with Crippen LogP contribution in [0.1, 0.15) is 16.4 Å². The molecule has 0 fully saturated rings. The average Bonchev–Trinajstić information content (AvgIpc) is 3.00. The van der Waals surface area contributed by atoms with Crippen molar-refractivity contribution in [3.05, 3.63) is 40.7 Å². The topological polar surface area (TPSA) is 52.3 Å². The zero-order valence-electron chi connectivity index (χ0n) is 11.2. The third kappa shape index (κ3) is 2.64. The molecule has 0 aliphatic carbocycles. The molecule has 0 radical (unpaired) electrons. The number of aryl methyl sites for hydroxylation is 1. The fourth-order valence-corrected chi connectivity index (χ4v) is 3.04. The number of hydrogen-bond acceptors (Lipinski definition) is 6. The van der Waals surface area contributed by atoms with Crippen LogP contribution >= 0.6 is 23.1 Å². The third-order valence-electron chi connectivity index (χ3n) is 2.82. The number of ether oxygens (including phenoxy) is 1. The van der Waals surface area contributed by atoms with Crippen molar-refractivity contribution in [1.29, 1.82) is 0 Å². The van der Waals surface area contributed by atoms with E-state index < -0.39 is 0 Å². The van der Waals surface area contributed by atoms with Crippen LogP contribution in [0.3, 0.4) is 0 Å². The normalized spacial score (nSPS) is 11.1. The van der Waals surface area contributed by atoms with E-state index in [9.17, 15) is 0 Å². The van der Waals surface area contributed by atoms with Gasteiger partial charge in [-0.2, -0.15) is 21.4 Å². The van der Waals surface area contributed by atoms with Gasteiger partial charge < -0.3 is 4.74 Å². The van der Waals surface area contributed by atoms with E-state index in [4.69, 9.17) is 4.74 Å². The first-order valence-corrected chi connectivity index (χ1v) is 8.36. The van der Waals surface area contributed by atoms with E-state index in [1.807, 2.05) is 37.4 Å². The fraction of sp³-hybridized carbons (Fsp3) is 0.308. The van der Waals surface area contributed by atoms with E-state index in [1.54, 1.807) is 16.3 Å². The molecule has 3 aromatic rings. The van der Waals surface area contributed by atoms with Crippen LogP contribution in [-0.4, -0.2) is 26.1 Å². The highest BCUT2D eigenvalue weighted by Gasteiger charge is 2.11. The molecule has 20 heavy (non-hydrogen) atoms. The zero-order valence-corrected chi connectivity index (χ0v) is 12.9. The molecular formula is C13H14N4OS2. The van der Waals surface area contributed by atoms with Gasteiger partial charge >= 0.3 is 0 Å². The number of aromatic nitrogens is 4. The van der Waals surface area contributed by atoms with Gasteiger partial charge in [0, 0.05) is 0 Å². The first-order valence-electron chi connectivity index (χ1n) is 6.15. The molecule has 0 unspecified atom stereocenters. The van der Waals surface area contributed by atoms with Crippen molar-refractivity contribution in [2.75, 3.05) is 6.26 Å². The smallest absolute Gasteiger partial charge is 0.234 e. The summed E-state index contributed by atoms with van der Waals surface area (Å²) in [6.07, 6.45) is 2.04. The molecule has 3 rings (SSSR count). The van der Waals surface area contributed by atoms with Crippen molar-refractivity contribution in [3.8, 4) is 5.75 Å². The van der Waals surface area contributed by atoms with Crippen LogP contribution in [-0.2, 0) is 12.4 Å². The van der Waals surface area contributed by atoms with Gasteiger partial charge in [0.15, 0.2) is 10.8 Å². The Morgan fingerprint density at radius 3 is 2.95 bits per heavy atom. The van der Waals surface area contributed by atoms with E-state index in [-0.39, 0.29) is 0 Å². The Bertz CT molecular complexity index is 722. The predicted molar refractivity (Wildman–Crippen MR) is 81.4 cm³/mol. The molecule has 2 aromatic heterocycles. The number of hydrogen-bond donors (Lipinski definition) is 0. The van der Waals surface area contributed by atoms with E-state index in [2.05, 4.69) is 15.3 Å². The second kappa shape index (κ2) is 5.80. The summed E-state index contributed by atoms with van der Waals surface area (Å²) in [6.45, 7) is 2.49. The Morgan fingerprint density at radius 1 is 1.30 bits per heavy atom. The maximum atomic E-state index is 5.80. The maximum Gasteiger partial charge on any atom is 0.234 e. The van der Waals surface area contributed by atoms with Crippen molar-refractivity contribution in [2.45, 2.75) is 19.3 Å². The molecule has 0 aliphatic rings. The molecule has 0 bridgehead atoms. The van der Waals surface area contributed by atoms with Gasteiger partial charge in [0.25, 0.3) is 0 Å². The van der Waals surface area contributed by atoms with Crippen LogP contribution in [0.2, 0.25) is 0 Å². The minimum absolute atomic E-state index is 0.456. The number of rotatable bonds is 5. The second-order valence-electron chi connectivity index (χ2n) is 4.29. The summed E-state index contributed by atoms with van der Waals surface area (Å²) in [7, 11) is 0. The molecule has 0 saturated heterocycles. The summed E-state index contributed by atoms with van der Waals surface area (Å²) in [5.41, 5.74) is 1.12. The summed E-state index contributed by atoms with van der Waals surface area (Å²) in [4.78, 5) is 0.817. The minimum atomic E-state index is 0.456. The molecule has 0 saturated carbocycles. The molecule has 5 nitrogen and oxygen atoms in total. The zero-order chi connectivity index (χ0) is 13.9. The van der Waals surface area contributed by atoms with Crippen molar-refractivity contribution < 1.29 is 4.74 Å². The Labute approximate surface area is 125 Å². The molecule has 0 N–H and O–H groups in total. The molecule has 1 aromatic carbocycles. The quantitative estimate of drug-likeness (QED) is 0.725.